The second-order valence-corrected chi connectivity index (χ2v) is 17.5. The largest absolute Gasteiger partial charge is 0.337 e. The van der Waals surface area contributed by atoms with Crippen molar-refractivity contribution in [2.75, 3.05) is 11.4 Å². The zero-order valence-corrected chi connectivity index (χ0v) is 35.1. The van der Waals surface area contributed by atoms with Crippen LogP contribution in [0.2, 0.25) is 0 Å². The molecule has 2 aromatic heterocycles. The molecule has 0 amide bonds. The lowest BCUT2D eigenvalue weighted by molar-refractivity contribution is 0.790. The van der Waals surface area contributed by atoms with Gasteiger partial charge in [-0.05, 0) is 123 Å². The molecule has 3 aliphatic rings. The summed E-state index contributed by atoms with van der Waals surface area (Å²) in [5, 5.41) is 5.07. The molecule has 2 aliphatic carbocycles. The van der Waals surface area contributed by atoms with Crippen LogP contribution >= 0.6 is 0 Å². The maximum Gasteiger partial charge on any atom is 0.0723 e. The summed E-state index contributed by atoms with van der Waals surface area (Å²) >= 11 is 0. The molecule has 0 bridgehead atoms. The molecule has 64 heavy (non-hydrogen) atoms. The lowest BCUT2D eigenvalue weighted by Gasteiger charge is -2.32. The van der Waals surface area contributed by atoms with Gasteiger partial charge in [-0.3, -0.25) is 0 Å². The van der Waals surface area contributed by atoms with E-state index in [0.29, 0.717) is 6.54 Å². The van der Waals surface area contributed by atoms with Crippen LogP contribution in [0.25, 0.3) is 71.7 Å². The fraction of sp³-hybridized carbons (Fsp3) is 0.0492. The number of fused-ring (bicyclic) bond motifs is 17. The Morgan fingerprint density at radius 3 is 1.66 bits per heavy atom. The van der Waals surface area contributed by atoms with Gasteiger partial charge in [0.25, 0.3) is 0 Å². The first kappa shape index (κ1) is 35.5. The molecule has 3 heterocycles. The van der Waals surface area contributed by atoms with Gasteiger partial charge in [0.05, 0.1) is 27.5 Å². The van der Waals surface area contributed by atoms with Gasteiger partial charge >= 0.3 is 0 Å². The van der Waals surface area contributed by atoms with Gasteiger partial charge in [0.2, 0.25) is 0 Å². The minimum absolute atomic E-state index is 0.521. The molecule has 9 aromatic carbocycles. The van der Waals surface area contributed by atoms with Crippen molar-refractivity contribution in [3.8, 4) is 22.5 Å². The van der Waals surface area contributed by atoms with Gasteiger partial charge in [-0.2, -0.15) is 0 Å². The highest BCUT2D eigenvalue weighted by Gasteiger charge is 2.53. The molecule has 300 valence electrons. The number of para-hydroxylation sites is 5. The van der Waals surface area contributed by atoms with Gasteiger partial charge in [-0.15, -0.1) is 0 Å². The molecular formula is C61H41N3. The highest BCUT2D eigenvalue weighted by Crippen LogP contribution is 2.64. The van der Waals surface area contributed by atoms with Crippen LogP contribution in [-0.4, -0.2) is 15.7 Å². The monoisotopic (exact) mass is 815 g/mol. The number of hydrogen-bond donors (Lipinski definition) is 0. The summed E-state index contributed by atoms with van der Waals surface area (Å²) in [6.07, 6.45) is 5.91. The second-order valence-electron chi connectivity index (χ2n) is 17.5. The Labute approximate surface area is 371 Å². The van der Waals surface area contributed by atoms with Gasteiger partial charge in [0.1, 0.15) is 0 Å². The molecule has 3 nitrogen and oxygen atoms in total. The highest BCUT2D eigenvalue weighted by molar-refractivity contribution is 6.13. The van der Waals surface area contributed by atoms with E-state index in [1.54, 1.807) is 0 Å². The van der Waals surface area contributed by atoms with Gasteiger partial charge in [-0.1, -0.05) is 158 Å². The molecule has 1 atom stereocenters. The van der Waals surface area contributed by atoms with Gasteiger partial charge in [0.15, 0.2) is 0 Å². The van der Waals surface area contributed by atoms with Crippen LogP contribution in [0.3, 0.4) is 0 Å². The predicted octanol–water partition coefficient (Wildman–Crippen LogP) is 14.9. The Balaban J connectivity index is 1.04. The van der Waals surface area contributed by atoms with Crippen LogP contribution in [0.5, 0.6) is 0 Å². The fourth-order valence-corrected chi connectivity index (χ4v) is 11.9. The molecule has 11 aromatic rings. The third-order valence-electron chi connectivity index (χ3n) is 14.4. The minimum atomic E-state index is -0.521. The summed E-state index contributed by atoms with van der Waals surface area (Å²) in [6, 6.07) is 79.0. The van der Waals surface area contributed by atoms with Crippen molar-refractivity contribution >= 4 is 60.6 Å². The molecule has 0 saturated carbocycles. The highest BCUT2D eigenvalue weighted by atomic mass is 15.1. The molecule has 0 radical (unpaired) electrons. The average molecular weight is 816 g/mol. The zero-order valence-electron chi connectivity index (χ0n) is 35.1. The zero-order chi connectivity index (χ0) is 41.9. The Hall–Kier alpha value is -8.14. The van der Waals surface area contributed by atoms with E-state index < -0.39 is 5.41 Å². The van der Waals surface area contributed by atoms with Crippen LogP contribution in [-0.2, 0) is 11.8 Å². The first-order chi connectivity index (χ1) is 31.8. The normalized spacial score (nSPS) is 17.8. The van der Waals surface area contributed by atoms with E-state index in [1.807, 2.05) is 0 Å². The van der Waals surface area contributed by atoms with Crippen molar-refractivity contribution in [2.24, 2.45) is 0 Å². The third kappa shape index (κ3) is 4.76. The molecule has 14 rings (SSSR count). The summed E-state index contributed by atoms with van der Waals surface area (Å²) in [4.78, 5) is 2.56. The molecule has 3 heteroatoms. The fourth-order valence-electron chi connectivity index (χ4n) is 11.9. The standard InChI is InChI=1S/C61H41N3/c1-3-18-41(19-4-1)63-57-29-15-10-24-47(57)49-34-32-43(37-59(49)63)62-36-35-54-46(33-31-40-17-7-14-28-56(40)62)44-22-8-12-26-52(44)61(54)53-27-13-9-23-45(53)50-38-51-48-25-11-16-30-58(48)64(60(51)39-55(50)61)42-20-5-2-6-21-42/h1-30,32-35,37-39H,31,36H2/b46-33-,54-35+. The molecule has 1 aliphatic heterocycles. The molecule has 0 N–H and O–H groups in total. The van der Waals surface area contributed by atoms with E-state index in [9.17, 15) is 0 Å². The van der Waals surface area contributed by atoms with Crippen molar-refractivity contribution in [3.63, 3.8) is 0 Å². The summed E-state index contributed by atoms with van der Waals surface area (Å²) in [5.41, 5.74) is 21.1. The van der Waals surface area contributed by atoms with Crippen molar-refractivity contribution in [2.45, 2.75) is 11.8 Å². The van der Waals surface area contributed by atoms with E-state index in [-0.39, 0.29) is 0 Å². The van der Waals surface area contributed by atoms with Crippen LogP contribution in [0, 0.1) is 0 Å². The lowest BCUT2D eigenvalue weighted by Crippen LogP contribution is -2.27. The van der Waals surface area contributed by atoms with Crippen LogP contribution in [0.15, 0.2) is 230 Å². The average Bonchev–Trinajstić information content (AvgIpc) is 4.06. The molecular weight excluding hydrogens is 775 g/mol. The quantitative estimate of drug-likeness (QED) is 0.173. The van der Waals surface area contributed by atoms with Gasteiger partial charge < -0.3 is 14.0 Å². The SMILES string of the molecule is C1=C2\C(=C/CN(c3ccc4c5ccccc5n(-c5ccccc5)c4c3)c3ccccc3C/1)C1(c3ccccc32)c2ccccc2-c2cc3c4ccccc4n(-c4ccccc4)c3cc21. The summed E-state index contributed by atoms with van der Waals surface area (Å²) in [7, 11) is 0. The first-order valence-corrected chi connectivity index (χ1v) is 22.5. The number of benzene rings is 9. The third-order valence-corrected chi connectivity index (χ3v) is 14.4. The van der Waals surface area contributed by atoms with Crippen molar-refractivity contribution < 1.29 is 0 Å². The van der Waals surface area contributed by atoms with E-state index >= 15 is 0 Å². The Bertz CT molecular complexity index is 3790. The van der Waals surface area contributed by atoms with Crippen molar-refractivity contribution in [1.82, 2.24) is 9.13 Å². The maximum absolute atomic E-state index is 2.58. The van der Waals surface area contributed by atoms with Crippen LogP contribution in [0.4, 0.5) is 11.4 Å². The van der Waals surface area contributed by atoms with Crippen molar-refractivity contribution in [3.05, 3.63) is 258 Å². The number of aromatic nitrogens is 2. The first-order valence-electron chi connectivity index (χ1n) is 22.5. The van der Waals surface area contributed by atoms with Crippen LogP contribution in [0.1, 0.15) is 27.8 Å². The summed E-state index contributed by atoms with van der Waals surface area (Å²) in [5.74, 6) is 0. The van der Waals surface area contributed by atoms with Crippen LogP contribution < -0.4 is 4.90 Å². The number of hydrogen-bond acceptors (Lipinski definition) is 1. The number of allylic oxidation sites excluding steroid dienone is 3. The number of nitrogens with zero attached hydrogens (tertiary/aromatic N) is 3. The van der Waals surface area contributed by atoms with Crippen molar-refractivity contribution in [1.29, 1.82) is 0 Å². The number of anilines is 2. The Kier molecular flexibility index (Phi) is 7.44. The molecule has 1 spiro atoms. The van der Waals surface area contributed by atoms with Gasteiger partial charge in [0, 0.05) is 50.8 Å². The van der Waals surface area contributed by atoms with E-state index in [2.05, 4.69) is 239 Å². The maximum atomic E-state index is 2.58. The van der Waals surface area contributed by atoms with Gasteiger partial charge in [-0.25, -0.2) is 0 Å². The Morgan fingerprint density at radius 1 is 0.359 bits per heavy atom. The minimum Gasteiger partial charge on any atom is -0.337 e. The molecule has 0 fully saturated rings. The summed E-state index contributed by atoms with van der Waals surface area (Å²) in [6.45, 7) is 0.695. The lowest BCUT2D eigenvalue weighted by atomic mass is 9.70. The molecule has 1 unspecified atom stereocenters. The second kappa shape index (κ2) is 13.4. The molecule has 0 saturated heterocycles. The Morgan fingerprint density at radius 2 is 0.922 bits per heavy atom. The smallest absolute Gasteiger partial charge is 0.0723 e. The van der Waals surface area contributed by atoms with E-state index in [0.717, 1.165) is 12.1 Å². The predicted molar refractivity (Wildman–Crippen MR) is 267 cm³/mol. The topological polar surface area (TPSA) is 13.1 Å². The van der Waals surface area contributed by atoms with E-state index in [4.69, 9.17) is 0 Å². The number of rotatable bonds is 3. The van der Waals surface area contributed by atoms with E-state index in [1.165, 1.54) is 111 Å². The summed E-state index contributed by atoms with van der Waals surface area (Å²) < 4.78 is 4.90.